The van der Waals surface area contributed by atoms with Crippen LogP contribution >= 0.6 is 27.5 Å². The molecule has 2 rings (SSSR count). The van der Waals surface area contributed by atoms with Gasteiger partial charge in [0.2, 0.25) is 0 Å². The van der Waals surface area contributed by atoms with Gasteiger partial charge in [0.15, 0.2) is 0 Å². The molecular weight excluding hydrogens is 277 g/mol. The van der Waals surface area contributed by atoms with Crippen molar-refractivity contribution in [1.82, 2.24) is 5.32 Å². The first-order chi connectivity index (χ1) is 7.18. The molecule has 80 valence electrons. The normalized spacial score (nSPS) is 15.1. The maximum Gasteiger partial charge on any atom is 0.252 e. The van der Waals surface area contributed by atoms with Gasteiger partial charge in [0.25, 0.3) is 5.91 Å². The number of halogens is 2. The summed E-state index contributed by atoms with van der Waals surface area (Å²) in [6.45, 7) is 0.776. The van der Waals surface area contributed by atoms with Crippen molar-refractivity contribution in [3.05, 3.63) is 33.3 Å². The number of rotatable bonds is 3. The van der Waals surface area contributed by atoms with Gasteiger partial charge in [-0.2, -0.15) is 0 Å². The fraction of sp³-hybridized carbons (Fsp3) is 0.364. The van der Waals surface area contributed by atoms with Crippen molar-refractivity contribution in [2.75, 3.05) is 6.54 Å². The highest BCUT2D eigenvalue weighted by atomic mass is 79.9. The number of benzene rings is 1. The van der Waals surface area contributed by atoms with E-state index in [4.69, 9.17) is 11.6 Å². The number of hydrogen-bond donors (Lipinski definition) is 1. The topological polar surface area (TPSA) is 29.1 Å². The van der Waals surface area contributed by atoms with Crippen molar-refractivity contribution in [2.45, 2.75) is 12.8 Å². The van der Waals surface area contributed by atoms with E-state index in [0.717, 1.165) is 6.54 Å². The van der Waals surface area contributed by atoms with Crippen molar-refractivity contribution in [2.24, 2.45) is 5.92 Å². The summed E-state index contributed by atoms with van der Waals surface area (Å²) in [6, 6.07) is 5.29. The minimum absolute atomic E-state index is 0.0590. The molecule has 1 N–H and O–H groups in total. The molecule has 1 aliphatic carbocycles. The molecule has 2 nitrogen and oxygen atoms in total. The third-order valence-electron chi connectivity index (χ3n) is 2.44. The Kier molecular flexibility index (Phi) is 3.32. The van der Waals surface area contributed by atoms with E-state index in [2.05, 4.69) is 21.2 Å². The number of amides is 1. The van der Waals surface area contributed by atoms with Crippen LogP contribution in [0.1, 0.15) is 23.2 Å². The molecule has 0 bridgehead atoms. The molecule has 4 heteroatoms. The number of carbonyl (C=O) groups is 1. The van der Waals surface area contributed by atoms with Crippen LogP contribution in [0, 0.1) is 5.92 Å². The molecule has 1 amide bonds. The SMILES string of the molecule is O=C(NCC1CC1)c1cccc(Cl)c1Br. The van der Waals surface area contributed by atoms with Crippen molar-refractivity contribution in [1.29, 1.82) is 0 Å². The van der Waals surface area contributed by atoms with Gasteiger partial charge in [-0.3, -0.25) is 4.79 Å². The van der Waals surface area contributed by atoms with E-state index in [1.165, 1.54) is 12.8 Å². The number of carbonyl (C=O) groups excluding carboxylic acids is 1. The molecule has 1 aromatic rings. The van der Waals surface area contributed by atoms with Crippen molar-refractivity contribution in [3.63, 3.8) is 0 Å². The molecule has 0 heterocycles. The largest absolute Gasteiger partial charge is 0.352 e. The predicted octanol–water partition coefficient (Wildman–Crippen LogP) is 3.24. The Balaban J connectivity index is 2.06. The number of hydrogen-bond acceptors (Lipinski definition) is 1. The van der Waals surface area contributed by atoms with Crippen LogP contribution in [0.5, 0.6) is 0 Å². The minimum atomic E-state index is -0.0590. The van der Waals surface area contributed by atoms with Gasteiger partial charge in [-0.1, -0.05) is 17.7 Å². The molecule has 0 aliphatic heterocycles. The van der Waals surface area contributed by atoms with Gasteiger partial charge in [0.1, 0.15) is 0 Å². The van der Waals surface area contributed by atoms with Crippen LogP contribution < -0.4 is 5.32 Å². The summed E-state index contributed by atoms with van der Waals surface area (Å²) in [7, 11) is 0. The highest BCUT2D eigenvalue weighted by Crippen LogP contribution is 2.28. The van der Waals surface area contributed by atoms with Crippen molar-refractivity contribution in [3.8, 4) is 0 Å². The van der Waals surface area contributed by atoms with Gasteiger partial charge in [-0.05, 0) is 46.8 Å². The summed E-state index contributed by atoms with van der Waals surface area (Å²) in [5.41, 5.74) is 0.600. The second kappa shape index (κ2) is 4.54. The Morgan fingerprint density at radius 2 is 2.27 bits per heavy atom. The Hall–Kier alpha value is -0.540. The van der Waals surface area contributed by atoms with E-state index in [9.17, 15) is 4.79 Å². The molecular formula is C11H11BrClNO. The fourth-order valence-corrected chi connectivity index (χ4v) is 1.95. The van der Waals surface area contributed by atoms with Crippen LogP contribution in [0.2, 0.25) is 5.02 Å². The zero-order valence-corrected chi connectivity index (χ0v) is 10.4. The summed E-state index contributed by atoms with van der Waals surface area (Å²) in [4.78, 5) is 11.8. The van der Waals surface area contributed by atoms with E-state index < -0.39 is 0 Å². The maximum atomic E-state index is 11.8. The van der Waals surface area contributed by atoms with Crippen LogP contribution in [0.4, 0.5) is 0 Å². The average Bonchev–Trinajstić information content (AvgIpc) is 3.02. The van der Waals surface area contributed by atoms with Crippen LogP contribution in [0.15, 0.2) is 22.7 Å². The van der Waals surface area contributed by atoms with Crippen LogP contribution in [0.3, 0.4) is 0 Å². The third kappa shape index (κ3) is 2.73. The van der Waals surface area contributed by atoms with Gasteiger partial charge in [-0.15, -0.1) is 0 Å². The lowest BCUT2D eigenvalue weighted by atomic mass is 10.2. The van der Waals surface area contributed by atoms with Gasteiger partial charge in [0.05, 0.1) is 10.6 Å². The van der Waals surface area contributed by atoms with Gasteiger partial charge < -0.3 is 5.32 Å². The molecule has 1 aromatic carbocycles. The van der Waals surface area contributed by atoms with E-state index in [-0.39, 0.29) is 5.91 Å². The summed E-state index contributed by atoms with van der Waals surface area (Å²) in [5.74, 6) is 0.628. The molecule has 0 aromatic heterocycles. The lowest BCUT2D eigenvalue weighted by Crippen LogP contribution is -2.25. The summed E-state index contributed by atoms with van der Waals surface area (Å²) < 4.78 is 0.667. The molecule has 1 fully saturated rings. The lowest BCUT2D eigenvalue weighted by molar-refractivity contribution is 0.0951. The Bertz CT molecular complexity index is 390. The highest BCUT2D eigenvalue weighted by molar-refractivity contribution is 9.10. The van der Waals surface area contributed by atoms with Gasteiger partial charge in [0, 0.05) is 11.0 Å². The molecule has 1 aliphatic rings. The molecule has 15 heavy (non-hydrogen) atoms. The first kappa shape index (κ1) is 11.0. The minimum Gasteiger partial charge on any atom is -0.352 e. The summed E-state index contributed by atoms with van der Waals surface area (Å²) >= 11 is 9.22. The molecule has 1 saturated carbocycles. The Labute approximate surface area is 102 Å². The molecule has 0 atom stereocenters. The lowest BCUT2D eigenvalue weighted by Gasteiger charge is -2.06. The van der Waals surface area contributed by atoms with Gasteiger partial charge in [-0.25, -0.2) is 0 Å². The quantitative estimate of drug-likeness (QED) is 0.909. The molecule has 0 spiro atoms. The first-order valence-electron chi connectivity index (χ1n) is 4.90. The Morgan fingerprint density at radius 3 is 2.93 bits per heavy atom. The van der Waals surface area contributed by atoms with Crippen LogP contribution in [-0.4, -0.2) is 12.5 Å². The van der Waals surface area contributed by atoms with E-state index in [0.29, 0.717) is 21.0 Å². The van der Waals surface area contributed by atoms with Crippen molar-refractivity contribution >= 4 is 33.4 Å². The number of nitrogens with one attached hydrogen (secondary N) is 1. The second-order valence-corrected chi connectivity index (χ2v) is 4.95. The van der Waals surface area contributed by atoms with Crippen LogP contribution in [-0.2, 0) is 0 Å². The predicted molar refractivity (Wildman–Crippen MR) is 64.2 cm³/mol. The average molecular weight is 289 g/mol. The summed E-state index contributed by atoms with van der Waals surface area (Å²) in [6.07, 6.45) is 2.47. The van der Waals surface area contributed by atoms with Gasteiger partial charge >= 0.3 is 0 Å². The van der Waals surface area contributed by atoms with E-state index >= 15 is 0 Å². The van der Waals surface area contributed by atoms with Crippen molar-refractivity contribution < 1.29 is 4.79 Å². The standard InChI is InChI=1S/C11H11BrClNO/c12-10-8(2-1-3-9(10)13)11(15)14-6-7-4-5-7/h1-3,7H,4-6H2,(H,14,15). The summed E-state index contributed by atoms with van der Waals surface area (Å²) in [5, 5.41) is 3.47. The first-order valence-corrected chi connectivity index (χ1v) is 6.08. The Morgan fingerprint density at radius 1 is 1.53 bits per heavy atom. The fourth-order valence-electron chi connectivity index (χ4n) is 1.33. The zero-order chi connectivity index (χ0) is 10.8. The van der Waals surface area contributed by atoms with E-state index in [1.54, 1.807) is 18.2 Å². The smallest absolute Gasteiger partial charge is 0.252 e. The monoisotopic (exact) mass is 287 g/mol. The third-order valence-corrected chi connectivity index (χ3v) is 3.84. The zero-order valence-electron chi connectivity index (χ0n) is 8.09. The molecule has 0 saturated heterocycles. The maximum absolute atomic E-state index is 11.8. The van der Waals surface area contributed by atoms with Crippen LogP contribution in [0.25, 0.3) is 0 Å². The second-order valence-electron chi connectivity index (χ2n) is 3.75. The highest BCUT2D eigenvalue weighted by Gasteiger charge is 2.22. The van der Waals surface area contributed by atoms with E-state index in [1.807, 2.05) is 0 Å². The molecule has 0 unspecified atom stereocenters. The molecule has 0 radical (unpaired) electrons.